The van der Waals surface area contributed by atoms with Crippen molar-refractivity contribution in [2.24, 2.45) is 0 Å². The van der Waals surface area contributed by atoms with E-state index >= 15 is 0 Å². The van der Waals surface area contributed by atoms with Crippen LogP contribution in [0.15, 0.2) is 59.5 Å². The van der Waals surface area contributed by atoms with Crippen molar-refractivity contribution < 1.29 is 9.90 Å². The molecular weight excluding hydrogens is 330 g/mol. The number of carbonyl (C=O) groups excluding carboxylic acids is 1. The van der Waals surface area contributed by atoms with Crippen LogP contribution >= 0.6 is 11.8 Å². The molecule has 3 nitrogen and oxygen atoms in total. The van der Waals surface area contributed by atoms with Gasteiger partial charge in [-0.05, 0) is 49.9 Å². The zero-order valence-corrected chi connectivity index (χ0v) is 15.6. The number of hydrogen-bond donors (Lipinski definition) is 2. The van der Waals surface area contributed by atoms with Crippen LogP contribution < -0.4 is 5.32 Å². The Hall–Kier alpha value is -1.78. The Labute approximate surface area is 153 Å². The summed E-state index contributed by atoms with van der Waals surface area (Å²) in [5.74, 6) is -0.314. The van der Waals surface area contributed by atoms with E-state index in [0.29, 0.717) is 0 Å². The summed E-state index contributed by atoms with van der Waals surface area (Å²) in [7, 11) is 0. The minimum Gasteiger partial charge on any atom is -0.384 e. The highest BCUT2D eigenvalue weighted by molar-refractivity contribution is 8.00. The Balaban J connectivity index is 1.56. The highest BCUT2D eigenvalue weighted by Crippen LogP contribution is 2.39. The van der Waals surface area contributed by atoms with E-state index in [-0.39, 0.29) is 18.4 Å². The van der Waals surface area contributed by atoms with Crippen LogP contribution in [0, 0.1) is 0 Å². The smallest absolute Gasteiger partial charge is 0.227 e. The Morgan fingerprint density at radius 2 is 1.84 bits per heavy atom. The van der Waals surface area contributed by atoms with Crippen LogP contribution in [0.2, 0.25) is 0 Å². The molecule has 3 rings (SSSR count). The Morgan fingerprint density at radius 1 is 1.20 bits per heavy atom. The average molecular weight is 356 g/mol. The van der Waals surface area contributed by atoms with E-state index in [1.807, 2.05) is 61.2 Å². The minimum absolute atomic E-state index is 0.0706. The van der Waals surface area contributed by atoms with E-state index in [1.165, 1.54) is 17.7 Å². The summed E-state index contributed by atoms with van der Waals surface area (Å²) in [5, 5.41) is 14.3. The second-order valence-corrected chi connectivity index (χ2v) is 8.34. The predicted molar refractivity (Wildman–Crippen MR) is 103 cm³/mol. The van der Waals surface area contributed by atoms with Crippen LogP contribution in [-0.4, -0.2) is 22.8 Å². The Morgan fingerprint density at radius 3 is 2.44 bits per heavy atom. The number of nitrogens with one attached hydrogen (secondary N) is 1. The summed E-state index contributed by atoms with van der Waals surface area (Å²) in [6.07, 6.45) is 2.62. The molecule has 2 N–H and O–H groups in total. The fourth-order valence-corrected chi connectivity index (χ4v) is 3.73. The lowest BCUT2D eigenvalue weighted by Crippen LogP contribution is -2.40. The molecule has 0 heterocycles. The first-order valence-corrected chi connectivity index (χ1v) is 9.66. The van der Waals surface area contributed by atoms with Gasteiger partial charge in [0.05, 0.1) is 12.5 Å². The van der Waals surface area contributed by atoms with Gasteiger partial charge in [0.25, 0.3) is 0 Å². The molecule has 132 valence electrons. The third kappa shape index (κ3) is 4.86. The fraction of sp³-hybridized carbons (Fsp3) is 0.381. The number of rotatable bonds is 7. The third-order valence-electron chi connectivity index (χ3n) is 4.60. The molecule has 2 aromatic rings. The molecule has 1 aliphatic carbocycles. The quantitative estimate of drug-likeness (QED) is 0.787. The first kappa shape index (κ1) is 18.0. The third-order valence-corrected chi connectivity index (χ3v) is 5.95. The van der Waals surface area contributed by atoms with Gasteiger partial charge in [-0.1, -0.05) is 42.5 Å². The van der Waals surface area contributed by atoms with Crippen molar-refractivity contribution in [3.05, 3.63) is 65.7 Å². The molecule has 0 aliphatic heterocycles. The zero-order chi connectivity index (χ0) is 17.9. The number of amides is 1. The van der Waals surface area contributed by atoms with Crippen LogP contribution in [0.25, 0.3) is 0 Å². The molecule has 0 bridgehead atoms. The number of thioether (sulfide) groups is 1. The lowest BCUT2D eigenvalue weighted by molar-refractivity contribution is -0.123. The van der Waals surface area contributed by atoms with Gasteiger partial charge in [0.1, 0.15) is 5.60 Å². The molecule has 0 aromatic heterocycles. The molecule has 1 fully saturated rings. The van der Waals surface area contributed by atoms with Crippen molar-refractivity contribution in [3.63, 3.8) is 0 Å². The number of benzene rings is 2. The molecule has 1 aliphatic rings. The van der Waals surface area contributed by atoms with Crippen LogP contribution in [0.1, 0.15) is 43.7 Å². The van der Waals surface area contributed by atoms with E-state index in [0.717, 1.165) is 16.4 Å². The first-order chi connectivity index (χ1) is 12.0. The maximum absolute atomic E-state index is 12.5. The number of carbonyl (C=O) groups is 1. The number of aliphatic hydroxyl groups is 1. The summed E-state index contributed by atoms with van der Waals surface area (Å²) in [6.45, 7) is 3.81. The molecule has 0 radical (unpaired) electrons. The van der Waals surface area contributed by atoms with E-state index < -0.39 is 5.60 Å². The molecule has 2 aromatic carbocycles. The maximum Gasteiger partial charge on any atom is 0.227 e. The van der Waals surface area contributed by atoms with Crippen LogP contribution in [-0.2, 0) is 10.4 Å². The van der Waals surface area contributed by atoms with Gasteiger partial charge >= 0.3 is 0 Å². The highest BCUT2D eigenvalue weighted by atomic mass is 32.2. The average Bonchev–Trinajstić information content (AvgIpc) is 3.44. The molecular formula is C21H25NO2S. The first-order valence-electron chi connectivity index (χ1n) is 8.78. The van der Waals surface area contributed by atoms with Gasteiger partial charge < -0.3 is 10.4 Å². The molecule has 0 spiro atoms. The van der Waals surface area contributed by atoms with Crippen LogP contribution in [0.4, 0.5) is 0 Å². The molecule has 25 heavy (non-hydrogen) atoms. The highest BCUT2D eigenvalue weighted by Gasteiger charge is 2.25. The van der Waals surface area contributed by atoms with Crippen LogP contribution in [0.3, 0.4) is 0 Å². The number of hydrogen-bond acceptors (Lipinski definition) is 3. The normalized spacial score (nSPS) is 17.6. The monoisotopic (exact) mass is 355 g/mol. The summed E-state index contributed by atoms with van der Waals surface area (Å²) in [4.78, 5) is 13.7. The van der Waals surface area contributed by atoms with Crippen molar-refractivity contribution >= 4 is 17.7 Å². The molecule has 1 amide bonds. The minimum atomic E-state index is -1.08. The molecule has 2 unspecified atom stereocenters. The van der Waals surface area contributed by atoms with Crippen molar-refractivity contribution in [1.82, 2.24) is 5.32 Å². The maximum atomic E-state index is 12.5. The van der Waals surface area contributed by atoms with E-state index in [9.17, 15) is 9.90 Å². The van der Waals surface area contributed by atoms with Gasteiger partial charge in [-0.2, -0.15) is 0 Å². The van der Waals surface area contributed by atoms with Gasteiger partial charge in [0.2, 0.25) is 5.91 Å². The fourth-order valence-electron chi connectivity index (χ4n) is 2.68. The van der Waals surface area contributed by atoms with Gasteiger partial charge in [-0.25, -0.2) is 0 Å². The van der Waals surface area contributed by atoms with E-state index in [2.05, 4.69) is 17.4 Å². The zero-order valence-electron chi connectivity index (χ0n) is 14.7. The summed E-state index contributed by atoms with van der Waals surface area (Å²) in [5.41, 5.74) is 0.711. The SMILES string of the molecule is CC(C(=O)NCC(C)(O)c1ccccc1)c1ccc(SC2CC2)cc1. The lowest BCUT2D eigenvalue weighted by atomic mass is 9.95. The molecule has 2 atom stereocenters. The van der Waals surface area contributed by atoms with Crippen molar-refractivity contribution in [2.45, 2.75) is 48.4 Å². The molecule has 0 saturated heterocycles. The van der Waals surface area contributed by atoms with Gasteiger partial charge in [-0.15, -0.1) is 11.8 Å². The summed E-state index contributed by atoms with van der Waals surface area (Å²) in [6, 6.07) is 17.7. The van der Waals surface area contributed by atoms with Crippen molar-refractivity contribution in [2.75, 3.05) is 6.54 Å². The Kier molecular flexibility index (Phi) is 5.50. The van der Waals surface area contributed by atoms with E-state index in [1.54, 1.807) is 6.92 Å². The second-order valence-electron chi connectivity index (χ2n) is 6.97. The molecule has 1 saturated carbocycles. The van der Waals surface area contributed by atoms with Crippen molar-refractivity contribution in [1.29, 1.82) is 0 Å². The largest absolute Gasteiger partial charge is 0.384 e. The van der Waals surface area contributed by atoms with Crippen LogP contribution in [0.5, 0.6) is 0 Å². The van der Waals surface area contributed by atoms with Gasteiger partial charge in [0, 0.05) is 10.1 Å². The lowest BCUT2D eigenvalue weighted by Gasteiger charge is -2.25. The topological polar surface area (TPSA) is 49.3 Å². The van der Waals surface area contributed by atoms with E-state index in [4.69, 9.17) is 0 Å². The predicted octanol–water partition coefficient (Wildman–Crippen LogP) is 4.07. The second kappa shape index (κ2) is 7.63. The molecule has 4 heteroatoms. The van der Waals surface area contributed by atoms with Crippen molar-refractivity contribution in [3.8, 4) is 0 Å². The standard InChI is InChI=1S/C21H25NO2S/c1-15(16-8-10-18(11-9-16)25-19-12-13-19)20(23)22-14-21(2,24)17-6-4-3-5-7-17/h3-11,15,19,24H,12-14H2,1-2H3,(H,22,23). The summed E-state index contributed by atoms with van der Waals surface area (Å²) < 4.78 is 0. The van der Waals surface area contributed by atoms with Gasteiger partial charge in [-0.3, -0.25) is 4.79 Å². The summed E-state index contributed by atoms with van der Waals surface area (Å²) >= 11 is 1.92. The Bertz CT molecular complexity index is 708. The van der Waals surface area contributed by atoms with Gasteiger partial charge in [0.15, 0.2) is 0 Å².